The maximum Gasteiger partial charge on any atom is 0.123 e. The molecule has 0 saturated heterocycles. The minimum absolute atomic E-state index is 0.203. The first kappa shape index (κ1) is 14.1. The third kappa shape index (κ3) is 3.58. The molecule has 0 bridgehead atoms. The van der Waals surface area contributed by atoms with Gasteiger partial charge in [0.15, 0.2) is 0 Å². The summed E-state index contributed by atoms with van der Waals surface area (Å²) in [6, 6.07) is 14.6. The van der Waals surface area contributed by atoms with Gasteiger partial charge in [-0.3, -0.25) is 0 Å². The van der Waals surface area contributed by atoms with E-state index < -0.39 is 0 Å². The van der Waals surface area contributed by atoms with Gasteiger partial charge in [0.2, 0.25) is 0 Å². The van der Waals surface area contributed by atoms with E-state index in [0.717, 1.165) is 35.3 Å². The van der Waals surface area contributed by atoms with Crippen LogP contribution in [0.3, 0.4) is 0 Å². The number of rotatable bonds is 5. The molecule has 0 heterocycles. The van der Waals surface area contributed by atoms with Gasteiger partial charge < -0.3 is 4.55 Å². The van der Waals surface area contributed by atoms with Gasteiger partial charge in [-0.05, 0) is 41.8 Å². The summed E-state index contributed by atoms with van der Waals surface area (Å²) in [4.78, 5) is 0.832. The highest BCUT2D eigenvalue weighted by Gasteiger charge is 2.13. The van der Waals surface area contributed by atoms with Crippen LogP contribution in [-0.2, 0) is 0 Å². The summed E-state index contributed by atoms with van der Waals surface area (Å²) in [5, 5.41) is 0. The topological polar surface area (TPSA) is 20.2 Å². The zero-order chi connectivity index (χ0) is 13.7. The molecule has 0 aromatic heterocycles. The van der Waals surface area contributed by atoms with E-state index in [0.29, 0.717) is 0 Å². The van der Waals surface area contributed by atoms with Crippen molar-refractivity contribution in [2.45, 2.75) is 30.6 Å². The zero-order valence-electron chi connectivity index (χ0n) is 10.8. The minimum atomic E-state index is -0.203. The maximum atomic E-state index is 13.0. The molecule has 0 radical (unpaired) electrons. The van der Waals surface area contributed by atoms with Crippen LogP contribution in [0.4, 0.5) is 4.39 Å². The Labute approximate surface area is 117 Å². The van der Waals surface area contributed by atoms with Gasteiger partial charge in [-0.25, -0.2) is 4.39 Å². The van der Waals surface area contributed by atoms with E-state index in [1.807, 2.05) is 36.4 Å². The van der Waals surface area contributed by atoms with Crippen molar-refractivity contribution in [2.75, 3.05) is 0 Å². The van der Waals surface area contributed by atoms with E-state index in [1.165, 1.54) is 17.7 Å². The van der Waals surface area contributed by atoms with Crippen molar-refractivity contribution in [3.63, 3.8) is 0 Å². The van der Waals surface area contributed by atoms with Crippen LogP contribution in [0.1, 0.15) is 36.8 Å². The van der Waals surface area contributed by atoms with Gasteiger partial charge in [0.25, 0.3) is 0 Å². The number of hydrogen-bond donors (Lipinski definition) is 1. The summed E-state index contributed by atoms with van der Waals surface area (Å²) in [6.07, 6.45) is 2.09. The summed E-state index contributed by atoms with van der Waals surface area (Å²) in [7, 11) is 0. The molecule has 0 aliphatic heterocycles. The Hall–Kier alpha value is -1.32. The fourth-order valence-corrected chi connectivity index (χ4v) is 2.53. The highest BCUT2D eigenvalue weighted by atomic mass is 32.2. The lowest BCUT2D eigenvalue weighted by atomic mass is 9.88. The predicted octanol–water partition coefficient (Wildman–Crippen LogP) is 5.32. The van der Waals surface area contributed by atoms with Crippen LogP contribution in [0.15, 0.2) is 53.4 Å². The van der Waals surface area contributed by atoms with Gasteiger partial charge >= 0.3 is 0 Å². The van der Waals surface area contributed by atoms with Gasteiger partial charge in [0.1, 0.15) is 5.82 Å². The first-order chi connectivity index (χ1) is 9.24. The van der Waals surface area contributed by atoms with E-state index >= 15 is 0 Å². The summed E-state index contributed by atoms with van der Waals surface area (Å²) in [5.74, 6) is 0.0781. The van der Waals surface area contributed by atoms with Crippen LogP contribution >= 0.6 is 12.0 Å². The quantitative estimate of drug-likeness (QED) is 0.745. The molecule has 0 aliphatic rings. The summed E-state index contributed by atoms with van der Waals surface area (Å²) in [6.45, 7) is 2.15. The molecule has 2 aromatic carbocycles. The number of benzene rings is 2. The van der Waals surface area contributed by atoms with Crippen molar-refractivity contribution in [3.8, 4) is 0 Å². The minimum Gasteiger partial charge on any atom is -0.325 e. The molecule has 0 amide bonds. The van der Waals surface area contributed by atoms with E-state index in [4.69, 9.17) is 4.55 Å². The molecule has 1 atom stereocenters. The zero-order valence-corrected chi connectivity index (χ0v) is 11.7. The number of hydrogen-bond acceptors (Lipinski definition) is 2. The lowest BCUT2D eigenvalue weighted by Crippen LogP contribution is -2.01. The first-order valence-electron chi connectivity index (χ1n) is 6.41. The molecule has 1 nitrogen and oxygen atoms in total. The summed E-state index contributed by atoms with van der Waals surface area (Å²) in [5.41, 5.74) is 2.33. The van der Waals surface area contributed by atoms with Crippen LogP contribution in [0.5, 0.6) is 0 Å². The lowest BCUT2D eigenvalue weighted by molar-refractivity contribution is 0.624. The van der Waals surface area contributed by atoms with Crippen LogP contribution in [-0.4, -0.2) is 4.55 Å². The summed E-state index contributed by atoms with van der Waals surface area (Å²) < 4.78 is 22.0. The smallest absolute Gasteiger partial charge is 0.123 e. The molecule has 0 saturated carbocycles. The van der Waals surface area contributed by atoms with E-state index in [-0.39, 0.29) is 11.7 Å². The number of halogens is 1. The predicted molar refractivity (Wildman–Crippen MR) is 78.1 cm³/mol. The second kappa shape index (κ2) is 6.73. The van der Waals surface area contributed by atoms with E-state index in [2.05, 4.69) is 6.92 Å². The van der Waals surface area contributed by atoms with Gasteiger partial charge in [-0.15, -0.1) is 0 Å². The third-order valence-corrected chi connectivity index (χ3v) is 3.72. The summed E-state index contributed by atoms with van der Waals surface area (Å²) >= 11 is 0.751. The Bertz CT molecular complexity index is 507. The van der Waals surface area contributed by atoms with Gasteiger partial charge in [-0.2, -0.15) is 0 Å². The molecule has 1 N–H and O–H groups in total. The Balaban J connectivity index is 2.30. The molecule has 2 rings (SSSR count). The van der Waals surface area contributed by atoms with Crippen molar-refractivity contribution in [2.24, 2.45) is 0 Å². The Morgan fingerprint density at radius 3 is 2.00 bits per heavy atom. The maximum absolute atomic E-state index is 13.0. The van der Waals surface area contributed by atoms with Gasteiger partial charge in [-0.1, -0.05) is 37.6 Å². The molecule has 2 aromatic rings. The second-order valence-corrected chi connectivity index (χ2v) is 5.21. The Morgan fingerprint density at radius 2 is 1.53 bits per heavy atom. The average molecular weight is 276 g/mol. The highest BCUT2D eigenvalue weighted by Crippen LogP contribution is 2.30. The molecule has 0 aliphatic carbocycles. The first-order valence-corrected chi connectivity index (χ1v) is 7.18. The fourth-order valence-electron chi connectivity index (χ4n) is 2.27. The van der Waals surface area contributed by atoms with Gasteiger partial charge in [0, 0.05) is 22.9 Å². The monoisotopic (exact) mass is 276 g/mol. The Kier molecular flexibility index (Phi) is 5.00. The van der Waals surface area contributed by atoms with Crippen molar-refractivity contribution in [1.29, 1.82) is 0 Å². The van der Waals surface area contributed by atoms with Gasteiger partial charge in [0.05, 0.1) is 0 Å². The molecule has 0 fully saturated rings. The molecule has 100 valence electrons. The van der Waals surface area contributed by atoms with Crippen LogP contribution in [0.2, 0.25) is 0 Å². The molecular weight excluding hydrogens is 259 g/mol. The van der Waals surface area contributed by atoms with Crippen molar-refractivity contribution in [1.82, 2.24) is 0 Å². The standard InChI is InChI=1S/C16H17FOS/c1-2-3-16(12-4-8-14(17)9-5-12)13-6-10-15(19-18)11-7-13/h4-11,16,18H,2-3H2,1H3. The lowest BCUT2D eigenvalue weighted by Gasteiger charge is -2.17. The normalized spacial score (nSPS) is 12.4. The van der Waals surface area contributed by atoms with E-state index in [1.54, 1.807) is 0 Å². The molecule has 1 unspecified atom stereocenters. The van der Waals surface area contributed by atoms with Crippen LogP contribution in [0, 0.1) is 5.82 Å². The molecule has 0 spiro atoms. The Morgan fingerprint density at radius 1 is 1.00 bits per heavy atom. The van der Waals surface area contributed by atoms with E-state index in [9.17, 15) is 4.39 Å². The molecular formula is C16H17FOS. The van der Waals surface area contributed by atoms with Crippen LogP contribution in [0.25, 0.3) is 0 Å². The largest absolute Gasteiger partial charge is 0.325 e. The van der Waals surface area contributed by atoms with Crippen LogP contribution < -0.4 is 0 Å². The highest BCUT2D eigenvalue weighted by molar-refractivity contribution is 7.93. The van der Waals surface area contributed by atoms with Crippen molar-refractivity contribution in [3.05, 3.63) is 65.5 Å². The average Bonchev–Trinajstić information content (AvgIpc) is 2.46. The fraction of sp³-hybridized carbons (Fsp3) is 0.250. The molecule has 3 heteroatoms. The SMILES string of the molecule is CCCC(c1ccc(F)cc1)c1ccc(SO)cc1. The van der Waals surface area contributed by atoms with Crippen molar-refractivity contribution < 1.29 is 8.94 Å². The van der Waals surface area contributed by atoms with Crippen molar-refractivity contribution >= 4 is 12.0 Å². The second-order valence-electron chi connectivity index (χ2n) is 4.55. The third-order valence-electron chi connectivity index (χ3n) is 3.24. The molecule has 19 heavy (non-hydrogen) atoms.